The Labute approximate surface area is 142 Å². The molecule has 4 rings (SSSR count). The smallest absolute Gasteiger partial charge is 0.126 e. The zero-order valence-corrected chi connectivity index (χ0v) is 14.0. The van der Waals surface area contributed by atoms with Crippen LogP contribution in [0.4, 0.5) is 0 Å². The van der Waals surface area contributed by atoms with Crippen LogP contribution in [0.5, 0.6) is 5.75 Å². The van der Waals surface area contributed by atoms with E-state index in [-0.39, 0.29) is 12.6 Å². The highest BCUT2D eigenvalue weighted by atomic mass is 32.2. The van der Waals surface area contributed by atoms with E-state index in [9.17, 15) is 9.32 Å². The van der Waals surface area contributed by atoms with Gasteiger partial charge in [-0.2, -0.15) is 0 Å². The maximum atomic E-state index is 12.4. The van der Waals surface area contributed by atoms with E-state index in [2.05, 4.69) is 4.72 Å². The summed E-state index contributed by atoms with van der Waals surface area (Å²) in [5.74, 6) is 0.776. The summed E-state index contributed by atoms with van der Waals surface area (Å²) in [5, 5.41) is 10.4. The number of ether oxygens (including phenoxy) is 1. The first-order chi connectivity index (χ1) is 11.7. The van der Waals surface area contributed by atoms with E-state index in [1.807, 2.05) is 53.2 Å². The molecule has 0 aliphatic carbocycles. The van der Waals surface area contributed by atoms with Crippen molar-refractivity contribution in [1.82, 2.24) is 9.29 Å². The van der Waals surface area contributed by atoms with Crippen molar-refractivity contribution in [3.05, 3.63) is 59.8 Å². The molecule has 0 saturated carbocycles. The molecule has 6 heteroatoms. The predicted molar refractivity (Wildman–Crippen MR) is 93.4 cm³/mol. The van der Waals surface area contributed by atoms with Crippen molar-refractivity contribution in [2.45, 2.75) is 17.5 Å². The number of aliphatic hydroxyl groups excluding tert-OH is 1. The van der Waals surface area contributed by atoms with E-state index in [0.29, 0.717) is 6.54 Å². The molecule has 0 radical (unpaired) electrons. The van der Waals surface area contributed by atoms with Gasteiger partial charge in [0.15, 0.2) is 0 Å². The Kier molecular flexibility index (Phi) is 3.88. The average molecular weight is 342 g/mol. The van der Waals surface area contributed by atoms with Gasteiger partial charge in [0, 0.05) is 29.2 Å². The number of aliphatic hydroxyl groups is 1. The van der Waals surface area contributed by atoms with Crippen molar-refractivity contribution >= 4 is 21.9 Å². The van der Waals surface area contributed by atoms with Crippen LogP contribution in [0.15, 0.2) is 53.6 Å². The quantitative estimate of drug-likeness (QED) is 0.765. The maximum Gasteiger partial charge on any atom is 0.126 e. The van der Waals surface area contributed by atoms with Crippen LogP contribution in [-0.2, 0) is 17.5 Å². The van der Waals surface area contributed by atoms with Gasteiger partial charge in [0.05, 0.1) is 24.7 Å². The number of rotatable bonds is 4. The van der Waals surface area contributed by atoms with E-state index >= 15 is 0 Å². The molecule has 2 aromatic carbocycles. The van der Waals surface area contributed by atoms with E-state index in [0.717, 1.165) is 32.7 Å². The lowest BCUT2D eigenvalue weighted by Gasteiger charge is -2.10. The molecule has 2 unspecified atom stereocenters. The third-order valence-electron chi connectivity index (χ3n) is 4.43. The Bertz CT molecular complexity index is 935. The van der Waals surface area contributed by atoms with Gasteiger partial charge in [-0.15, -0.1) is 0 Å². The van der Waals surface area contributed by atoms with Gasteiger partial charge in [0.2, 0.25) is 0 Å². The summed E-state index contributed by atoms with van der Waals surface area (Å²) in [5.41, 5.74) is 3.09. The zero-order chi connectivity index (χ0) is 16.7. The zero-order valence-electron chi connectivity index (χ0n) is 13.2. The average Bonchev–Trinajstić information content (AvgIpc) is 3.13. The molecule has 2 atom stereocenters. The Morgan fingerprint density at radius 3 is 2.88 bits per heavy atom. The second kappa shape index (κ2) is 6.05. The lowest BCUT2D eigenvalue weighted by Crippen LogP contribution is -2.15. The molecule has 0 fully saturated rings. The third kappa shape index (κ3) is 2.34. The Balaban J connectivity index is 1.92. The number of nitrogens with one attached hydrogen (secondary N) is 1. The molecule has 24 heavy (non-hydrogen) atoms. The minimum Gasteiger partial charge on any atom is -0.497 e. The standard InChI is InChI=1S/C18H18N2O3S/c1-23-12-6-7-16-14(10-12)15(11-20(16)8-9-21)18-13-4-2-3-5-17(13)24(22)19-18/h2-7,10-11,18-19,21H,8-9H2,1H3. The Morgan fingerprint density at radius 1 is 1.25 bits per heavy atom. The number of nitrogens with zero attached hydrogens (tertiary/aromatic N) is 1. The first kappa shape index (κ1) is 15.4. The monoisotopic (exact) mass is 342 g/mol. The van der Waals surface area contributed by atoms with Crippen LogP contribution in [0, 0.1) is 0 Å². The minimum absolute atomic E-state index is 0.0653. The molecule has 3 aromatic rings. The number of hydrogen-bond acceptors (Lipinski definition) is 3. The van der Waals surface area contributed by atoms with Crippen molar-refractivity contribution < 1.29 is 14.1 Å². The number of methoxy groups -OCH3 is 1. The summed E-state index contributed by atoms with van der Waals surface area (Å²) in [7, 11) is 0.430. The Hall–Kier alpha value is -2.15. The third-order valence-corrected chi connectivity index (χ3v) is 5.65. The lowest BCUT2D eigenvalue weighted by atomic mass is 9.99. The number of aromatic nitrogens is 1. The van der Waals surface area contributed by atoms with Crippen LogP contribution in [0.25, 0.3) is 10.9 Å². The van der Waals surface area contributed by atoms with Crippen LogP contribution in [0.3, 0.4) is 0 Å². The molecule has 0 saturated heterocycles. The van der Waals surface area contributed by atoms with Gasteiger partial charge >= 0.3 is 0 Å². The summed E-state index contributed by atoms with van der Waals surface area (Å²) < 4.78 is 22.9. The van der Waals surface area contributed by atoms with E-state index < -0.39 is 11.0 Å². The topological polar surface area (TPSA) is 63.5 Å². The highest BCUT2D eigenvalue weighted by molar-refractivity contribution is 7.83. The Morgan fingerprint density at radius 2 is 2.08 bits per heavy atom. The van der Waals surface area contributed by atoms with Crippen molar-refractivity contribution in [1.29, 1.82) is 0 Å². The highest BCUT2D eigenvalue weighted by Crippen LogP contribution is 2.38. The van der Waals surface area contributed by atoms with Gasteiger partial charge in [-0.3, -0.25) is 0 Å². The van der Waals surface area contributed by atoms with Crippen LogP contribution < -0.4 is 9.46 Å². The molecular formula is C18H18N2O3S. The van der Waals surface area contributed by atoms with Gasteiger partial charge in [-0.05, 0) is 29.8 Å². The highest BCUT2D eigenvalue weighted by Gasteiger charge is 2.31. The van der Waals surface area contributed by atoms with E-state index in [4.69, 9.17) is 4.74 Å². The molecule has 0 amide bonds. The van der Waals surface area contributed by atoms with Gasteiger partial charge in [-0.25, -0.2) is 8.93 Å². The van der Waals surface area contributed by atoms with Gasteiger partial charge < -0.3 is 14.4 Å². The molecule has 1 aliphatic heterocycles. The molecular weight excluding hydrogens is 324 g/mol. The van der Waals surface area contributed by atoms with E-state index in [1.54, 1.807) is 7.11 Å². The lowest BCUT2D eigenvalue weighted by molar-refractivity contribution is 0.278. The van der Waals surface area contributed by atoms with Crippen LogP contribution in [0.2, 0.25) is 0 Å². The summed E-state index contributed by atoms with van der Waals surface area (Å²) in [6.45, 7) is 0.580. The summed E-state index contributed by atoms with van der Waals surface area (Å²) in [6.07, 6.45) is 2.03. The van der Waals surface area contributed by atoms with Gasteiger partial charge in [0.1, 0.15) is 16.7 Å². The molecule has 2 heterocycles. The van der Waals surface area contributed by atoms with Crippen molar-refractivity contribution in [2.24, 2.45) is 0 Å². The predicted octanol–water partition coefficient (Wildman–Crippen LogP) is 2.36. The fraction of sp³-hybridized carbons (Fsp3) is 0.222. The second-order valence-corrected chi connectivity index (χ2v) is 6.95. The largest absolute Gasteiger partial charge is 0.497 e. The molecule has 124 valence electrons. The van der Waals surface area contributed by atoms with Crippen LogP contribution in [0.1, 0.15) is 17.2 Å². The second-order valence-electron chi connectivity index (χ2n) is 5.74. The van der Waals surface area contributed by atoms with Crippen LogP contribution >= 0.6 is 0 Å². The molecule has 2 N–H and O–H groups in total. The first-order valence-corrected chi connectivity index (χ1v) is 8.92. The first-order valence-electron chi connectivity index (χ1n) is 7.77. The van der Waals surface area contributed by atoms with Crippen molar-refractivity contribution in [3.8, 4) is 5.75 Å². The molecule has 1 aliphatic rings. The number of benzene rings is 2. The van der Waals surface area contributed by atoms with E-state index in [1.165, 1.54) is 0 Å². The van der Waals surface area contributed by atoms with Crippen molar-refractivity contribution in [3.63, 3.8) is 0 Å². The molecule has 1 aromatic heterocycles. The fourth-order valence-electron chi connectivity index (χ4n) is 3.31. The fourth-order valence-corrected chi connectivity index (χ4v) is 4.50. The van der Waals surface area contributed by atoms with Gasteiger partial charge in [-0.1, -0.05) is 18.2 Å². The maximum absolute atomic E-state index is 12.4. The van der Waals surface area contributed by atoms with Crippen molar-refractivity contribution in [2.75, 3.05) is 13.7 Å². The SMILES string of the molecule is COc1ccc2c(c1)c(C1NS(=O)c3ccccc31)cn2CCO. The molecule has 0 bridgehead atoms. The summed E-state index contributed by atoms with van der Waals surface area (Å²) >= 11 is 0. The minimum atomic E-state index is -1.21. The molecule has 0 spiro atoms. The summed E-state index contributed by atoms with van der Waals surface area (Å²) in [6, 6.07) is 13.5. The number of fused-ring (bicyclic) bond motifs is 2. The normalized spacial score (nSPS) is 19.6. The molecule has 5 nitrogen and oxygen atoms in total. The number of hydrogen-bond donors (Lipinski definition) is 2. The van der Waals surface area contributed by atoms with Crippen LogP contribution in [-0.4, -0.2) is 27.6 Å². The summed E-state index contributed by atoms with van der Waals surface area (Å²) in [4.78, 5) is 0.827. The van der Waals surface area contributed by atoms with Gasteiger partial charge in [0.25, 0.3) is 0 Å².